The van der Waals surface area contributed by atoms with E-state index in [1.54, 1.807) is 6.07 Å². The molecule has 0 bridgehead atoms. The summed E-state index contributed by atoms with van der Waals surface area (Å²) in [6, 6.07) is 1.59. The number of aliphatic carboxylic acids is 1. The summed E-state index contributed by atoms with van der Waals surface area (Å²) >= 11 is 0. The molecule has 0 amide bonds. The average Bonchev–Trinajstić information content (AvgIpc) is 2.63. The number of nitrogens with one attached hydrogen (secondary N) is 2. The molecule has 0 unspecified atom stereocenters. The summed E-state index contributed by atoms with van der Waals surface area (Å²) < 4.78 is 25.1. The van der Waals surface area contributed by atoms with Gasteiger partial charge in [0.2, 0.25) is 10.0 Å². The van der Waals surface area contributed by atoms with Gasteiger partial charge in [0.15, 0.2) is 5.82 Å². The van der Waals surface area contributed by atoms with E-state index in [0.29, 0.717) is 0 Å². The van der Waals surface area contributed by atoms with Gasteiger partial charge in [-0.15, -0.1) is 0 Å². The van der Waals surface area contributed by atoms with Crippen LogP contribution in [0.4, 0.5) is 5.82 Å². The van der Waals surface area contributed by atoms with Crippen molar-refractivity contribution in [1.29, 1.82) is 0 Å². The topological polar surface area (TPSA) is 112 Å². The van der Waals surface area contributed by atoms with Gasteiger partial charge in [0.25, 0.3) is 0 Å². The minimum Gasteiger partial charge on any atom is -0.481 e. The fourth-order valence-corrected chi connectivity index (χ4v) is 2.09. The van der Waals surface area contributed by atoms with E-state index in [-0.39, 0.29) is 11.7 Å². The molecule has 1 aromatic rings. The standard InChI is InChI=1S/C9H15N3O4S/c1-6(2)7-5-8(11-10-7)12-17(15,16)4-3-9(13)14/h5-6H,3-4H2,1-2H3,(H,13,14)(H2,10,11,12). The lowest BCUT2D eigenvalue weighted by Gasteiger charge is -2.02. The first kappa shape index (κ1) is 13.5. The van der Waals surface area contributed by atoms with E-state index in [2.05, 4.69) is 14.9 Å². The monoisotopic (exact) mass is 261 g/mol. The van der Waals surface area contributed by atoms with E-state index in [9.17, 15) is 13.2 Å². The Bertz CT molecular complexity index is 492. The minimum atomic E-state index is -3.66. The number of sulfonamides is 1. The zero-order valence-electron chi connectivity index (χ0n) is 9.60. The van der Waals surface area contributed by atoms with Crippen LogP contribution in [-0.4, -0.2) is 35.4 Å². The molecule has 8 heteroatoms. The Balaban J connectivity index is 2.66. The van der Waals surface area contributed by atoms with E-state index < -0.39 is 28.2 Å². The molecule has 1 aromatic heterocycles. The maximum atomic E-state index is 11.5. The van der Waals surface area contributed by atoms with Gasteiger partial charge in [-0.2, -0.15) is 5.10 Å². The molecule has 3 N–H and O–H groups in total. The van der Waals surface area contributed by atoms with Crippen LogP contribution >= 0.6 is 0 Å². The van der Waals surface area contributed by atoms with Crippen LogP contribution in [0, 0.1) is 0 Å². The van der Waals surface area contributed by atoms with Crippen molar-refractivity contribution in [2.75, 3.05) is 10.5 Å². The van der Waals surface area contributed by atoms with E-state index in [4.69, 9.17) is 5.11 Å². The van der Waals surface area contributed by atoms with E-state index in [0.717, 1.165) is 5.69 Å². The molecule has 0 aliphatic carbocycles. The summed E-state index contributed by atoms with van der Waals surface area (Å²) in [7, 11) is -3.66. The number of carbonyl (C=O) groups is 1. The third-order valence-corrected chi connectivity index (χ3v) is 3.33. The molecular weight excluding hydrogens is 246 g/mol. The van der Waals surface area contributed by atoms with Crippen molar-refractivity contribution in [1.82, 2.24) is 10.2 Å². The summed E-state index contributed by atoms with van der Waals surface area (Å²) in [6.45, 7) is 3.88. The van der Waals surface area contributed by atoms with Gasteiger partial charge in [0.05, 0.1) is 12.2 Å². The van der Waals surface area contributed by atoms with E-state index >= 15 is 0 Å². The molecule has 1 heterocycles. The predicted molar refractivity (Wildman–Crippen MR) is 62.3 cm³/mol. The molecule has 17 heavy (non-hydrogen) atoms. The maximum Gasteiger partial charge on any atom is 0.304 e. The fourth-order valence-electron chi connectivity index (χ4n) is 1.12. The number of hydrogen-bond acceptors (Lipinski definition) is 4. The van der Waals surface area contributed by atoms with Crippen LogP contribution < -0.4 is 4.72 Å². The van der Waals surface area contributed by atoms with Gasteiger partial charge in [0.1, 0.15) is 0 Å². The highest BCUT2D eigenvalue weighted by Crippen LogP contribution is 2.15. The number of carboxylic acid groups (broad SMARTS) is 1. The van der Waals surface area contributed by atoms with Crippen LogP contribution in [-0.2, 0) is 14.8 Å². The third-order valence-electron chi connectivity index (χ3n) is 2.06. The first-order valence-corrected chi connectivity index (χ1v) is 6.73. The zero-order chi connectivity index (χ0) is 13.1. The van der Waals surface area contributed by atoms with Gasteiger partial charge in [-0.1, -0.05) is 13.8 Å². The number of aromatic amines is 1. The number of nitrogens with zero attached hydrogens (tertiary/aromatic N) is 1. The number of anilines is 1. The molecule has 0 fully saturated rings. The van der Waals surface area contributed by atoms with Gasteiger partial charge in [-0.25, -0.2) is 8.42 Å². The third kappa shape index (κ3) is 4.43. The Morgan fingerprint density at radius 3 is 2.71 bits per heavy atom. The number of hydrogen-bond donors (Lipinski definition) is 3. The molecule has 0 aliphatic heterocycles. The molecule has 96 valence electrons. The Morgan fingerprint density at radius 1 is 1.59 bits per heavy atom. The molecule has 0 spiro atoms. The molecule has 0 aromatic carbocycles. The van der Waals surface area contributed by atoms with Gasteiger partial charge >= 0.3 is 5.97 Å². The van der Waals surface area contributed by atoms with Crippen LogP contribution in [0.3, 0.4) is 0 Å². The fraction of sp³-hybridized carbons (Fsp3) is 0.556. The number of carboxylic acids is 1. The van der Waals surface area contributed by atoms with Crippen molar-refractivity contribution in [2.24, 2.45) is 0 Å². The van der Waals surface area contributed by atoms with Crippen LogP contribution in [0.15, 0.2) is 6.07 Å². The van der Waals surface area contributed by atoms with Gasteiger partial charge in [-0.05, 0) is 5.92 Å². The van der Waals surface area contributed by atoms with Crippen LogP contribution in [0.5, 0.6) is 0 Å². The van der Waals surface area contributed by atoms with Gasteiger partial charge in [0, 0.05) is 11.8 Å². The summed E-state index contributed by atoms with van der Waals surface area (Å²) in [5.41, 5.74) is 0.806. The first-order valence-electron chi connectivity index (χ1n) is 5.08. The molecule has 0 saturated carbocycles. The lowest BCUT2D eigenvalue weighted by atomic mass is 10.1. The van der Waals surface area contributed by atoms with Crippen LogP contribution in [0.2, 0.25) is 0 Å². The van der Waals surface area contributed by atoms with Crippen molar-refractivity contribution in [2.45, 2.75) is 26.2 Å². The highest BCUT2D eigenvalue weighted by Gasteiger charge is 2.15. The lowest BCUT2D eigenvalue weighted by Crippen LogP contribution is -2.19. The zero-order valence-corrected chi connectivity index (χ0v) is 10.4. The summed E-state index contributed by atoms with van der Waals surface area (Å²) in [4.78, 5) is 10.3. The SMILES string of the molecule is CC(C)c1cc(NS(=O)(=O)CCC(=O)O)n[nH]1. The molecule has 1 rings (SSSR count). The van der Waals surface area contributed by atoms with Crippen molar-refractivity contribution >= 4 is 21.8 Å². The smallest absolute Gasteiger partial charge is 0.304 e. The largest absolute Gasteiger partial charge is 0.481 e. The maximum absolute atomic E-state index is 11.5. The van der Waals surface area contributed by atoms with E-state index in [1.165, 1.54) is 0 Å². The number of H-pyrrole nitrogens is 1. The number of aromatic nitrogens is 2. The van der Waals surface area contributed by atoms with Crippen molar-refractivity contribution in [3.63, 3.8) is 0 Å². The average molecular weight is 261 g/mol. The number of rotatable bonds is 6. The summed E-state index contributed by atoms with van der Waals surface area (Å²) in [5, 5.41) is 14.9. The van der Waals surface area contributed by atoms with Gasteiger partial charge in [-0.3, -0.25) is 14.6 Å². The highest BCUT2D eigenvalue weighted by atomic mass is 32.2. The van der Waals surface area contributed by atoms with Gasteiger partial charge < -0.3 is 5.11 Å². The second-order valence-corrected chi connectivity index (χ2v) is 5.77. The Hall–Kier alpha value is -1.57. The van der Waals surface area contributed by atoms with Crippen molar-refractivity contribution in [3.05, 3.63) is 11.8 Å². The lowest BCUT2D eigenvalue weighted by molar-refractivity contribution is -0.136. The summed E-state index contributed by atoms with van der Waals surface area (Å²) in [6.07, 6.45) is -0.434. The van der Waals surface area contributed by atoms with Crippen molar-refractivity contribution < 1.29 is 18.3 Å². The molecule has 0 aliphatic rings. The van der Waals surface area contributed by atoms with Crippen molar-refractivity contribution in [3.8, 4) is 0 Å². The highest BCUT2D eigenvalue weighted by molar-refractivity contribution is 7.92. The second-order valence-electron chi connectivity index (χ2n) is 3.93. The molecule has 0 radical (unpaired) electrons. The second kappa shape index (κ2) is 5.17. The van der Waals surface area contributed by atoms with Crippen LogP contribution in [0.25, 0.3) is 0 Å². The molecular formula is C9H15N3O4S. The molecule has 7 nitrogen and oxygen atoms in total. The quantitative estimate of drug-likeness (QED) is 0.699. The minimum absolute atomic E-state index is 0.180. The molecule has 0 saturated heterocycles. The first-order chi connectivity index (χ1) is 7.80. The van der Waals surface area contributed by atoms with Crippen LogP contribution in [0.1, 0.15) is 31.9 Å². The Kier molecular flexibility index (Phi) is 4.11. The van der Waals surface area contributed by atoms with E-state index in [1.807, 2.05) is 13.8 Å². The Morgan fingerprint density at radius 2 is 2.24 bits per heavy atom. The predicted octanol–water partition coefficient (Wildman–Crippen LogP) is 0.749. The summed E-state index contributed by atoms with van der Waals surface area (Å²) in [5.74, 6) is -1.23. The Labute approximate surface area is 99.3 Å². The normalized spacial score (nSPS) is 11.7. The molecule has 0 atom stereocenters.